The molecular formula is C16H15BrN2O2S. The molecule has 22 heavy (non-hydrogen) atoms. The van der Waals surface area contributed by atoms with E-state index in [1.165, 1.54) is 0 Å². The highest BCUT2D eigenvalue weighted by Crippen LogP contribution is 2.18. The summed E-state index contributed by atoms with van der Waals surface area (Å²) in [6.07, 6.45) is 0. The largest absolute Gasteiger partial charge is 0.493 e. The number of halogens is 1. The molecule has 0 bridgehead atoms. The second kappa shape index (κ2) is 7.91. The van der Waals surface area contributed by atoms with Crippen molar-refractivity contribution in [3.8, 4) is 5.75 Å². The predicted molar refractivity (Wildman–Crippen MR) is 95.4 cm³/mol. The van der Waals surface area contributed by atoms with Crippen LogP contribution in [0.2, 0.25) is 0 Å². The summed E-state index contributed by atoms with van der Waals surface area (Å²) in [5, 5.41) is 5.84. The summed E-state index contributed by atoms with van der Waals surface area (Å²) < 4.78 is 6.37. The van der Waals surface area contributed by atoms with Gasteiger partial charge in [0.15, 0.2) is 5.11 Å². The molecule has 0 aliphatic carbocycles. The Balaban J connectivity index is 2.04. The first-order valence-corrected chi connectivity index (χ1v) is 7.90. The summed E-state index contributed by atoms with van der Waals surface area (Å²) in [5.74, 6) is 0.226. The van der Waals surface area contributed by atoms with Crippen molar-refractivity contribution in [2.24, 2.45) is 0 Å². The van der Waals surface area contributed by atoms with E-state index in [4.69, 9.17) is 17.0 Å². The van der Waals surface area contributed by atoms with Gasteiger partial charge in [0.1, 0.15) is 5.75 Å². The van der Waals surface area contributed by atoms with Gasteiger partial charge in [-0.3, -0.25) is 10.1 Å². The molecule has 2 rings (SSSR count). The molecule has 0 fully saturated rings. The highest BCUT2D eigenvalue weighted by atomic mass is 79.9. The van der Waals surface area contributed by atoms with E-state index in [1.54, 1.807) is 18.2 Å². The first-order chi connectivity index (χ1) is 10.6. The van der Waals surface area contributed by atoms with E-state index in [0.29, 0.717) is 17.9 Å². The summed E-state index contributed by atoms with van der Waals surface area (Å²) in [6, 6.07) is 14.6. The average molecular weight is 379 g/mol. The zero-order valence-electron chi connectivity index (χ0n) is 11.9. The van der Waals surface area contributed by atoms with E-state index in [9.17, 15) is 4.79 Å². The number of hydrogen-bond donors (Lipinski definition) is 2. The number of anilines is 1. The Morgan fingerprint density at radius 3 is 2.73 bits per heavy atom. The van der Waals surface area contributed by atoms with Crippen LogP contribution in [0.25, 0.3) is 0 Å². The number of benzene rings is 2. The molecule has 0 atom stereocenters. The van der Waals surface area contributed by atoms with Gasteiger partial charge in [0.05, 0.1) is 12.2 Å². The van der Waals surface area contributed by atoms with Crippen LogP contribution < -0.4 is 15.4 Å². The minimum absolute atomic E-state index is 0.231. The van der Waals surface area contributed by atoms with E-state index in [1.807, 2.05) is 37.3 Å². The molecule has 6 heteroatoms. The zero-order chi connectivity index (χ0) is 15.9. The Labute approximate surface area is 143 Å². The second-order valence-electron chi connectivity index (χ2n) is 4.35. The van der Waals surface area contributed by atoms with E-state index in [2.05, 4.69) is 26.6 Å². The minimum Gasteiger partial charge on any atom is -0.493 e. The molecule has 0 aliphatic rings. The number of hydrogen-bond acceptors (Lipinski definition) is 3. The van der Waals surface area contributed by atoms with E-state index in [0.717, 1.165) is 10.2 Å². The van der Waals surface area contributed by atoms with Gasteiger partial charge in [0.25, 0.3) is 5.91 Å². The lowest BCUT2D eigenvalue weighted by Gasteiger charge is -2.12. The van der Waals surface area contributed by atoms with Gasteiger partial charge in [-0.1, -0.05) is 34.1 Å². The number of para-hydroxylation sites is 1. The van der Waals surface area contributed by atoms with Crippen LogP contribution in [0.3, 0.4) is 0 Å². The topological polar surface area (TPSA) is 50.4 Å². The number of carbonyl (C=O) groups is 1. The molecule has 2 aromatic carbocycles. The fourth-order valence-corrected chi connectivity index (χ4v) is 2.44. The molecule has 0 saturated carbocycles. The second-order valence-corrected chi connectivity index (χ2v) is 5.67. The van der Waals surface area contributed by atoms with Gasteiger partial charge in [-0.25, -0.2) is 0 Å². The Morgan fingerprint density at radius 1 is 1.23 bits per heavy atom. The number of nitrogens with one attached hydrogen (secondary N) is 2. The van der Waals surface area contributed by atoms with E-state index >= 15 is 0 Å². The highest BCUT2D eigenvalue weighted by molar-refractivity contribution is 9.10. The van der Waals surface area contributed by atoms with Gasteiger partial charge in [-0.05, 0) is 49.5 Å². The van der Waals surface area contributed by atoms with Gasteiger partial charge >= 0.3 is 0 Å². The van der Waals surface area contributed by atoms with Crippen molar-refractivity contribution < 1.29 is 9.53 Å². The van der Waals surface area contributed by atoms with Gasteiger partial charge in [-0.15, -0.1) is 0 Å². The summed E-state index contributed by atoms with van der Waals surface area (Å²) in [6.45, 7) is 2.36. The smallest absolute Gasteiger partial charge is 0.261 e. The van der Waals surface area contributed by atoms with Crippen molar-refractivity contribution in [1.82, 2.24) is 5.32 Å². The molecule has 0 aliphatic heterocycles. The molecule has 114 valence electrons. The van der Waals surface area contributed by atoms with Crippen molar-refractivity contribution in [2.45, 2.75) is 6.92 Å². The molecule has 0 radical (unpaired) electrons. The summed E-state index contributed by atoms with van der Waals surface area (Å²) in [7, 11) is 0. The monoisotopic (exact) mass is 378 g/mol. The lowest BCUT2D eigenvalue weighted by molar-refractivity contribution is 0.0974. The third-order valence-corrected chi connectivity index (χ3v) is 3.44. The number of rotatable bonds is 4. The highest BCUT2D eigenvalue weighted by Gasteiger charge is 2.13. The Bertz CT molecular complexity index is 691. The third kappa shape index (κ3) is 4.54. The Kier molecular flexibility index (Phi) is 5.91. The number of carbonyl (C=O) groups excluding carboxylic acids is 1. The molecule has 0 aromatic heterocycles. The maximum Gasteiger partial charge on any atom is 0.261 e. The van der Waals surface area contributed by atoms with Crippen molar-refractivity contribution in [2.75, 3.05) is 11.9 Å². The van der Waals surface area contributed by atoms with Crippen LogP contribution in [0, 0.1) is 0 Å². The minimum atomic E-state index is -0.309. The molecule has 0 unspecified atom stereocenters. The van der Waals surface area contributed by atoms with Crippen LogP contribution in [0.15, 0.2) is 53.0 Å². The lowest BCUT2D eigenvalue weighted by Crippen LogP contribution is -2.34. The number of ether oxygens (including phenoxy) is 1. The fraction of sp³-hybridized carbons (Fsp3) is 0.125. The number of amides is 1. The van der Waals surface area contributed by atoms with Gasteiger partial charge in [-0.2, -0.15) is 0 Å². The van der Waals surface area contributed by atoms with Crippen LogP contribution in [-0.2, 0) is 0 Å². The quantitative estimate of drug-likeness (QED) is 0.790. The molecule has 0 saturated heterocycles. The Hall–Kier alpha value is -1.92. The van der Waals surface area contributed by atoms with Crippen LogP contribution >= 0.6 is 28.1 Å². The maximum atomic E-state index is 12.3. The molecule has 1 amide bonds. The normalized spacial score (nSPS) is 9.91. The maximum absolute atomic E-state index is 12.3. The molecular weight excluding hydrogens is 364 g/mol. The molecule has 4 nitrogen and oxygen atoms in total. The summed E-state index contributed by atoms with van der Waals surface area (Å²) in [5.41, 5.74) is 1.24. The SMILES string of the molecule is CCOc1ccccc1C(=O)NC(=S)Nc1cccc(Br)c1. The van der Waals surface area contributed by atoms with Gasteiger partial charge in [0.2, 0.25) is 0 Å². The van der Waals surface area contributed by atoms with Crippen molar-refractivity contribution >= 4 is 44.9 Å². The van der Waals surface area contributed by atoms with E-state index in [-0.39, 0.29) is 11.0 Å². The van der Waals surface area contributed by atoms with E-state index < -0.39 is 0 Å². The first kappa shape index (κ1) is 16.5. The van der Waals surface area contributed by atoms with Gasteiger partial charge < -0.3 is 10.1 Å². The van der Waals surface area contributed by atoms with Crippen molar-refractivity contribution in [3.05, 3.63) is 58.6 Å². The number of thiocarbonyl (C=S) groups is 1. The summed E-state index contributed by atoms with van der Waals surface area (Å²) in [4.78, 5) is 12.3. The van der Waals surface area contributed by atoms with Crippen LogP contribution in [-0.4, -0.2) is 17.6 Å². The standard InChI is InChI=1S/C16H15BrN2O2S/c1-2-21-14-9-4-3-8-13(14)15(20)19-16(22)18-12-7-5-6-11(17)10-12/h3-10H,2H2,1H3,(H2,18,19,20,22). The predicted octanol–water partition coefficient (Wildman–Crippen LogP) is 3.97. The molecule has 2 aromatic rings. The molecule has 0 heterocycles. The third-order valence-electron chi connectivity index (χ3n) is 2.74. The van der Waals surface area contributed by atoms with Crippen molar-refractivity contribution in [1.29, 1.82) is 0 Å². The average Bonchev–Trinajstić information content (AvgIpc) is 2.48. The first-order valence-electron chi connectivity index (χ1n) is 6.70. The summed E-state index contributed by atoms with van der Waals surface area (Å²) >= 11 is 8.54. The van der Waals surface area contributed by atoms with Crippen LogP contribution in [0.5, 0.6) is 5.75 Å². The molecule has 0 spiro atoms. The zero-order valence-corrected chi connectivity index (χ0v) is 14.3. The Morgan fingerprint density at radius 2 is 2.00 bits per heavy atom. The van der Waals surface area contributed by atoms with Crippen LogP contribution in [0.1, 0.15) is 17.3 Å². The van der Waals surface area contributed by atoms with Gasteiger partial charge in [0, 0.05) is 10.2 Å². The van der Waals surface area contributed by atoms with Crippen molar-refractivity contribution in [3.63, 3.8) is 0 Å². The fourth-order valence-electron chi connectivity index (χ4n) is 1.83. The van der Waals surface area contributed by atoms with Crippen LogP contribution in [0.4, 0.5) is 5.69 Å². The lowest BCUT2D eigenvalue weighted by atomic mass is 10.2. The molecule has 2 N–H and O–H groups in total.